The Balaban J connectivity index is 2.05. The highest BCUT2D eigenvalue weighted by Crippen LogP contribution is 2.38. The molecule has 1 N–H and O–H groups in total. The van der Waals surface area contributed by atoms with E-state index in [1.165, 1.54) is 19.3 Å². The number of aromatic nitrogens is 3. The third-order valence-corrected chi connectivity index (χ3v) is 4.84. The summed E-state index contributed by atoms with van der Waals surface area (Å²) < 4.78 is 1.93. The van der Waals surface area contributed by atoms with Crippen LogP contribution in [0.1, 0.15) is 38.9 Å². The lowest BCUT2D eigenvalue weighted by atomic mass is 9.69. The van der Waals surface area contributed by atoms with Gasteiger partial charge in [-0.3, -0.25) is 4.68 Å². The predicted molar refractivity (Wildman–Crippen MR) is 77.8 cm³/mol. The average Bonchev–Trinajstić information content (AvgIpc) is 2.77. The SMILES string of the molecule is CNCC1CCC(C(C)C)CC1Cc1ncnn1C. The highest BCUT2D eigenvalue weighted by Gasteiger charge is 2.32. The van der Waals surface area contributed by atoms with Gasteiger partial charge < -0.3 is 5.32 Å². The maximum absolute atomic E-state index is 4.41. The predicted octanol–water partition coefficient (Wildman–Crippen LogP) is 2.27. The molecule has 4 nitrogen and oxygen atoms in total. The van der Waals surface area contributed by atoms with Crippen LogP contribution in [0.15, 0.2) is 6.33 Å². The number of hydrogen-bond acceptors (Lipinski definition) is 3. The maximum Gasteiger partial charge on any atom is 0.138 e. The van der Waals surface area contributed by atoms with Gasteiger partial charge in [-0.15, -0.1) is 0 Å². The number of rotatable bonds is 5. The van der Waals surface area contributed by atoms with E-state index in [2.05, 4.69) is 36.3 Å². The molecule has 1 fully saturated rings. The Morgan fingerprint density at radius 3 is 2.74 bits per heavy atom. The molecule has 108 valence electrons. The Kier molecular flexibility index (Phi) is 4.97. The molecule has 1 aliphatic rings. The van der Waals surface area contributed by atoms with Gasteiger partial charge in [-0.25, -0.2) is 4.98 Å². The quantitative estimate of drug-likeness (QED) is 0.887. The zero-order valence-corrected chi connectivity index (χ0v) is 12.8. The Bertz CT molecular complexity index is 385. The molecule has 0 saturated heterocycles. The molecule has 0 aliphatic heterocycles. The van der Waals surface area contributed by atoms with E-state index in [-0.39, 0.29) is 0 Å². The molecule has 0 aromatic carbocycles. The average molecular weight is 264 g/mol. The van der Waals surface area contributed by atoms with Gasteiger partial charge in [-0.1, -0.05) is 13.8 Å². The fourth-order valence-electron chi connectivity index (χ4n) is 3.49. The summed E-state index contributed by atoms with van der Waals surface area (Å²) in [7, 11) is 4.06. The first-order chi connectivity index (χ1) is 9.11. The zero-order chi connectivity index (χ0) is 13.8. The van der Waals surface area contributed by atoms with Crippen LogP contribution in [0.2, 0.25) is 0 Å². The summed E-state index contributed by atoms with van der Waals surface area (Å²) in [6, 6.07) is 0. The van der Waals surface area contributed by atoms with Crippen LogP contribution in [0.3, 0.4) is 0 Å². The minimum atomic E-state index is 0.747. The molecule has 1 aromatic heterocycles. The second kappa shape index (κ2) is 6.51. The van der Waals surface area contributed by atoms with Crippen molar-refractivity contribution in [3.63, 3.8) is 0 Å². The first kappa shape index (κ1) is 14.5. The zero-order valence-electron chi connectivity index (χ0n) is 12.8. The van der Waals surface area contributed by atoms with Crippen molar-refractivity contribution < 1.29 is 0 Å². The number of hydrogen-bond donors (Lipinski definition) is 1. The van der Waals surface area contributed by atoms with Crippen LogP contribution in [0.5, 0.6) is 0 Å². The van der Waals surface area contributed by atoms with E-state index < -0.39 is 0 Å². The van der Waals surface area contributed by atoms with E-state index in [1.807, 2.05) is 11.7 Å². The lowest BCUT2D eigenvalue weighted by Gasteiger charge is -2.37. The van der Waals surface area contributed by atoms with Crippen LogP contribution in [0, 0.1) is 23.7 Å². The van der Waals surface area contributed by atoms with Crippen molar-refractivity contribution in [3.8, 4) is 0 Å². The Hall–Kier alpha value is -0.900. The summed E-state index contributed by atoms with van der Waals surface area (Å²) >= 11 is 0. The van der Waals surface area contributed by atoms with Crippen LogP contribution in [-0.2, 0) is 13.5 Å². The fourth-order valence-corrected chi connectivity index (χ4v) is 3.49. The van der Waals surface area contributed by atoms with E-state index in [1.54, 1.807) is 6.33 Å². The van der Waals surface area contributed by atoms with Crippen molar-refractivity contribution in [2.24, 2.45) is 30.7 Å². The minimum absolute atomic E-state index is 0.747. The summed E-state index contributed by atoms with van der Waals surface area (Å²) in [5, 5.41) is 7.56. The third-order valence-electron chi connectivity index (χ3n) is 4.84. The fraction of sp³-hybridized carbons (Fsp3) is 0.867. The number of aryl methyl sites for hydroxylation is 1. The molecule has 19 heavy (non-hydrogen) atoms. The van der Waals surface area contributed by atoms with E-state index in [0.29, 0.717) is 0 Å². The molecule has 1 aromatic rings. The van der Waals surface area contributed by atoms with Crippen molar-refractivity contribution in [2.45, 2.75) is 39.5 Å². The molecule has 1 heterocycles. The van der Waals surface area contributed by atoms with Gasteiger partial charge in [-0.2, -0.15) is 5.10 Å². The second-order valence-electron chi connectivity index (χ2n) is 6.40. The van der Waals surface area contributed by atoms with Crippen molar-refractivity contribution in [2.75, 3.05) is 13.6 Å². The van der Waals surface area contributed by atoms with Gasteiger partial charge in [0.05, 0.1) is 0 Å². The van der Waals surface area contributed by atoms with Gasteiger partial charge in [0, 0.05) is 13.5 Å². The van der Waals surface area contributed by atoms with Crippen LogP contribution in [0.25, 0.3) is 0 Å². The molecule has 0 bridgehead atoms. The maximum atomic E-state index is 4.41. The molecule has 4 heteroatoms. The van der Waals surface area contributed by atoms with Crippen LogP contribution in [-0.4, -0.2) is 28.4 Å². The summed E-state index contributed by atoms with van der Waals surface area (Å²) in [6.07, 6.45) is 6.83. The van der Waals surface area contributed by atoms with Crippen molar-refractivity contribution in [1.29, 1.82) is 0 Å². The minimum Gasteiger partial charge on any atom is -0.319 e. The third kappa shape index (κ3) is 3.56. The van der Waals surface area contributed by atoms with Crippen molar-refractivity contribution >= 4 is 0 Å². The molecule has 1 saturated carbocycles. The molecule has 0 radical (unpaired) electrons. The van der Waals surface area contributed by atoms with Gasteiger partial charge in [0.25, 0.3) is 0 Å². The highest BCUT2D eigenvalue weighted by atomic mass is 15.3. The Morgan fingerprint density at radius 2 is 2.16 bits per heavy atom. The van der Waals surface area contributed by atoms with Crippen molar-refractivity contribution in [3.05, 3.63) is 12.2 Å². The summed E-state index contributed by atoms with van der Waals surface area (Å²) in [6.45, 7) is 5.86. The topological polar surface area (TPSA) is 42.7 Å². The summed E-state index contributed by atoms with van der Waals surface area (Å²) in [4.78, 5) is 4.41. The van der Waals surface area contributed by atoms with E-state index in [9.17, 15) is 0 Å². The molecule has 3 unspecified atom stereocenters. The van der Waals surface area contributed by atoms with Gasteiger partial charge in [0.1, 0.15) is 12.2 Å². The lowest BCUT2D eigenvalue weighted by molar-refractivity contribution is 0.144. The monoisotopic (exact) mass is 264 g/mol. The molecule has 0 spiro atoms. The summed E-state index contributed by atoms with van der Waals surface area (Å²) in [5.74, 6) is 4.35. The van der Waals surface area contributed by atoms with E-state index in [0.717, 1.165) is 42.5 Å². The molecular weight excluding hydrogens is 236 g/mol. The normalized spacial score (nSPS) is 27.9. The standard InChI is InChI=1S/C15H28N4/c1-11(2)12-5-6-13(9-16-3)14(7-12)8-15-17-10-18-19(15)4/h10-14,16H,5-9H2,1-4H3. The first-order valence-corrected chi connectivity index (χ1v) is 7.59. The van der Waals surface area contributed by atoms with Gasteiger partial charge in [0.2, 0.25) is 0 Å². The van der Waals surface area contributed by atoms with Gasteiger partial charge in [-0.05, 0) is 56.5 Å². The van der Waals surface area contributed by atoms with Crippen molar-refractivity contribution in [1.82, 2.24) is 20.1 Å². The van der Waals surface area contributed by atoms with Crippen LogP contribution >= 0.6 is 0 Å². The van der Waals surface area contributed by atoms with Crippen LogP contribution < -0.4 is 5.32 Å². The first-order valence-electron chi connectivity index (χ1n) is 7.59. The summed E-state index contributed by atoms with van der Waals surface area (Å²) in [5.41, 5.74) is 0. The van der Waals surface area contributed by atoms with Gasteiger partial charge >= 0.3 is 0 Å². The molecule has 2 rings (SSSR count). The molecule has 1 aliphatic carbocycles. The molecular formula is C15H28N4. The molecule has 3 atom stereocenters. The number of nitrogens with zero attached hydrogens (tertiary/aromatic N) is 3. The Morgan fingerprint density at radius 1 is 1.37 bits per heavy atom. The molecule has 0 amide bonds. The van der Waals surface area contributed by atoms with E-state index in [4.69, 9.17) is 0 Å². The lowest BCUT2D eigenvalue weighted by Crippen LogP contribution is -2.34. The number of nitrogens with one attached hydrogen (secondary N) is 1. The highest BCUT2D eigenvalue weighted by molar-refractivity contribution is 4.92. The smallest absolute Gasteiger partial charge is 0.138 e. The largest absolute Gasteiger partial charge is 0.319 e. The second-order valence-corrected chi connectivity index (χ2v) is 6.40. The van der Waals surface area contributed by atoms with E-state index >= 15 is 0 Å². The van der Waals surface area contributed by atoms with Gasteiger partial charge in [0.15, 0.2) is 0 Å². The van der Waals surface area contributed by atoms with Crippen LogP contribution in [0.4, 0.5) is 0 Å². The Labute approximate surface area is 117 Å².